The van der Waals surface area contributed by atoms with E-state index in [9.17, 15) is 9.59 Å². The molecule has 0 aliphatic carbocycles. The zero-order chi connectivity index (χ0) is 16.6. The van der Waals surface area contributed by atoms with Crippen LogP contribution < -0.4 is 0 Å². The van der Waals surface area contributed by atoms with Gasteiger partial charge in [-0.2, -0.15) is 0 Å². The average Bonchev–Trinajstić information content (AvgIpc) is 2.54. The molecule has 22 heavy (non-hydrogen) atoms. The Kier molecular flexibility index (Phi) is 13.7. The molecule has 0 fully saturated rings. The van der Waals surface area contributed by atoms with Crippen molar-refractivity contribution in [3.63, 3.8) is 0 Å². The van der Waals surface area contributed by atoms with Crippen molar-refractivity contribution in [2.75, 3.05) is 14.2 Å². The van der Waals surface area contributed by atoms with E-state index in [1.165, 1.54) is 59.2 Å². The molecule has 0 spiro atoms. The van der Waals surface area contributed by atoms with Gasteiger partial charge in [0.1, 0.15) is 0 Å². The number of esters is 2. The van der Waals surface area contributed by atoms with E-state index in [0.717, 1.165) is 6.42 Å². The van der Waals surface area contributed by atoms with Gasteiger partial charge in [0.15, 0.2) is 0 Å². The molecule has 0 aromatic heterocycles. The third kappa shape index (κ3) is 11.4. The summed E-state index contributed by atoms with van der Waals surface area (Å²) in [5.41, 5.74) is 0. The molecule has 0 N–H and O–H groups in total. The molecule has 0 amide bonds. The fourth-order valence-corrected chi connectivity index (χ4v) is 2.31. The molecule has 0 aromatic rings. The molecule has 0 bridgehead atoms. The number of ether oxygens (including phenoxy) is 2. The number of carbonyl (C=O) groups is 2. The number of unbranched alkanes of at least 4 members (excludes halogenated alkanes) is 7. The average molecular weight is 312 g/mol. The maximum absolute atomic E-state index is 11.6. The highest BCUT2D eigenvalue weighted by Crippen LogP contribution is 2.14. The minimum absolute atomic E-state index is 0.0743. The van der Waals surface area contributed by atoms with Crippen molar-refractivity contribution in [1.29, 1.82) is 0 Å². The van der Waals surface area contributed by atoms with Crippen LogP contribution in [0.15, 0.2) is 12.2 Å². The van der Waals surface area contributed by atoms with E-state index in [1.54, 1.807) is 0 Å². The van der Waals surface area contributed by atoms with Gasteiger partial charge >= 0.3 is 11.9 Å². The molecule has 0 heterocycles. The fourth-order valence-electron chi connectivity index (χ4n) is 2.31. The van der Waals surface area contributed by atoms with Crippen molar-refractivity contribution in [2.45, 2.75) is 71.1 Å². The van der Waals surface area contributed by atoms with Gasteiger partial charge in [0.05, 0.1) is 26.6 Å². The first-order chi connectivity index (χ1) is 10.7. The van der Waals surface area contributed by atoms with Gasteiger partial charge in [-0.15, -0.1) is 0 Å². The number of hydrogen-bond donors (Lipinski definition) is 0. The molecule has 4 heteroatoms. The molecule has 0 aliphatic rings. The Morgan fingerprint density at radius 1 is 0.909 bits per heavy atom. The number of rotatable bonds is 13. The molecule has 0 saturated carbocycles. The molecule has 0 aromatic carbocycles. The predicted octanol–water partition coefficient (Wildman–Crippen LogP) is 4.43. The van der Waals surface area contributed by atoms with Gasteiger partial charge in [0.2, 0.25) is 0 Å². The van der Waals surface area contributed by atoms with Crippen LogP contribution in [0.2, 0.25) is 0 Å². The predicted molar refractivity (Wildman–Crippen MR) is 88.5 cm³/mol. The number of carbonyl (C=O) groups excluding carboxylic acids is 2. The summed E-state index contributed by atoms with van der Waals surface area (Å²) in [6.07, 6.45) is 14.8. The van der Waals surface area contributed by atoms with Gasteiger partial charge in [-0.05, 0) is 19.3 Å². The van der Waals surface area contributed by atoms with Crippen molar-refractivity contribution >= 4 is 11.9 Å². The summed E-state index contributed by atoms with van der Waals surface area (Å²) in [6, 6.07) is 0. The van der Waals surface area contributed by atoms with Gasteiger partial charge in [0.25, 0.3) is 0 Å². The van der Waals surface area contributed by atoms with Crippen LogP contribution in [0.3, 0.4) is 0 Å². The summed E-state index contributed by atoms with van der Waals surface area (Å²) in [5, 5.41) is 0. The van der Waals surface area contributed by atoms with Crippen molar-refractivity contribution in [1.82, 2.24) is 0 Å². The molecule has 0 rings (SSSR count). The minimum Gasteiger partial charge on any atom is -0.469 e. The fraction of sp³-hybridized carbons (Fsp3) is 0.778. The highest BCUT2D eigenvalue weighted by atomic mass is 16.5. The van der Waals surface area contributed by atoms with Crippen LogP contribution >= 0.6 is 0 Å². The van der Waals surface area contributed by atoms with E-state index < -0.39 is 5.92 Å². The molecular weight excluding hydrogens is 280 g/mol. The Hall–Kier alpha value is -1.32. The Labute approximate surface area is 135 Å². The van der Waals surface area contributed by atoms with E-state index in [2.05, 4.69) is 17.7 Å². The maximum atomic E-state index is 11.6. The Balaban J connectivity index is 3.81. The van der Waals surface area contributed by atoms with Crippen LogP contribution in [-0.4, -0.2) is 26.2 Å². The monoisotopic (exact) mass is 312 g/mol. The van der Waals surface area contributed by atoms with Gasteiger partial charge in [-0.25, -0.2) is 0 Å². The lowest BCUT2D eigenvalue weighted by molar-refractivity contribution is -0.151. The summed E-state index contributed by atoms with van der Waals surface area (Å²) in [7, 11) is 2.67. The van der Waals surface area contributed by atoms with Crippen molar-refractivity contribution < 1.29 is 19.1 Å². The van der Waals surface area contributed by atoms with Crippen LogP contribution in [-0.2, 0) is 19.1 Å². The standard InChI is InChI=1S/C18H32O4/c1-4-5-6-7-8-9-10-11-12-13-14-16(18(20)22-3)15-17(19)21-2/h12-13,16H,4-11,14-15H2,1-3H3/b13-12-/t16-/m0/s1. The van der Waals surface area contributed by atoms with Crippen LogP contribution in [0, 0.1) is 5.92 Å². The van der Waals surface area contributed by atoms with Crippen LogP contribution in [0.25, 0.3) is 0 Å². The Morgan fingerprint density at radius 2 is 1.55 bits per heavy atom. The Bertz CT molecular complexity index is 323. The topological polar surface area (TPSA) is 52.6 Å². The van der Waals surface area contributed by atoms with E-state index in [1.807, 2.05) is 6.08 Å². The molecule has 128 valence electrons. The summed E-state index contributed by atoms with van der Waals surface area (Å²) in [6.45, 7) is 2.23. The number of allylic oxidation sites excluding steroid dienone is 2. The summed E-state index contributed by atoms with van der Waals surface area (Å²) < 4.78 is 9.32. The normalized spacial score (nSPS) is 12.3. The van der Waals surface area contributed by atoms with Gasteiger partial charge in [0, 0.05) is 0 Å². The molecule has 4 nitrogen and oxygen atoms in total. The van der Waals surface area contributed by atoms with Crippen molar-refractivity contribution in [2.24, 2.45) is 5.92 Å². The molecule has 0 saturated heterocycles. The number of methoxy groups -OCH3 is 2. The highest BCUT2D eigenvalue weighted by molar-refractivity contribution is 5.79. The summed E-state index contributed by atoms with van der Waals surface area (Å²) in [4.78, 5) is 22.9. The third-order valence-corrected chi connectivity index (χ3v) is 3.74. The minimum atomic E-state index is -0.442. The maximum Gasteiger partial charge on any atom is 0.309 e. The van der Waals surface area contributed by atoms with Crippen LogP contribution in [0.1, 0.15) is 71.1 Å². The zero-order valence-corrected chi connectivity index (χ0v) is 14.4. The van der Waals surface area contributed by atoms with E-state index in [4.69, 9.17) is 4.74 Å². The lowest BCUT2D eigenvalue weighted by Crippen LogP contribution is -2.20. The molecule has 0 unspecified atom stereocenters. The third-order valence-electron chi connectivity index (χ3n) is 3.74. The van der Waals surface area contributed by atoms with Crippen molar-refractivity contribution in [3.8, 4) is 0 Å². The summed E-state index contributed by atoms with van der Waals surface area (Å²) >= 11 is 0. The van der Waals surface area contributed by atoms with Crippen molar-refractivity contribution in [3.05, 3.63) is 12.2 Å². The SMILES string of the molecule is CCCCCCCCC/C=C\C[C@@H](CC(=O)OC)C(=O)OC. The first kappa shape index (κ1) is 20.7. The first-order valence-corrected chi connectivity index (χ1v) is 8.45. The smallest absolute Gasteiger partial charge is 0.309 e. The van der Waals surface area contributed by atoms with E-state index >= 15 is 0 Å². The van der Waals surface area contributed by atoms with Crippen LogP contribution in [0.4, 0.5) is 0 Å². The lowest BCUT2D eigenvalue weighted by atomic mass is 10.0. The zero-order valence-electron chi connectivity index (χ0n) is 14.4. The lowest BCUT2D eigenvalue weighted by Gasteiger charge is -2.10. The second-order valence-corrected chi connectivity index (χ2v) is 5.62. The largest absolute Gasteiger partial charge is 0.469 e. The van der Waals surface area contributed by atoms with Gasteiger partial charge in [-0.3, -0.25) is 9.59 Å². The highest BCUT2D eigenvalue weighted by Gasteiger charge is 2.21. The second-order valence-electron chi connectivity index (χ2n) is 5.62. The van der Waals surface area contributed by atoms with E-state index in [0.29, 0.717) is 6.42 Å². The van der Waals surface area contributed by atoms with Gasteiger partial charge in [-0.1, -0.05) is 57.6 Å². The number of hydrogen-bond acceptors (Lipinski definition) is 4. The van der Waals surface area contributed by atoms with E-state index in [-0.39, 0.29) is 18.4 Å². The first-order valence-electron chi connectivity index (χ1n) is 8.45. The molecule has 0 aliphatic heterocycles. The van der Waals surface area contributed by atoms with Crippen LogP contribution in [0.5, 0.6) is 0 Å². The quantitative estimate of drug-likeness (QED) is 0.287. The molecule has 0 radical (unpaired) electrons. The second kappa shape index (κ2) is 14.6. The summed E-state index contributed by atoms with van der Waals surface area (Å²) in [5.74, 6) is -1.18. The van der Waals surface area contributed by atoms with Gasteiger partial charge < -0.3 is 9.47 Å². The Morgan fingerprint density at radius 3 is 2.14 bits per heavy atom. The molecular formula is C18H32O4. The molecule has 1 atom stereocenters.